The first-order chi connectivity index (χ1) is 9.86. The lowest BCUT2D eigenvalue weighted by Gasteiger charge is -2.09. The topological polar surface area (TPSA) is 90.1 Å². The van der Waals surface area contributed by atoms with Crippen LogP contribution in [-0.2, 0) is 11.3 Å². The molecule has 0 radical (unpaired) electrons. The van der Waals surface area contributed by atoms with Crippen molar-refractivity contribution in [3.8, 4) is 0 Å². The Hall–Kier alpha value is -1.45. The summed E-state index contributed by atoms with van der Waals surface area (Å²) in [6.07, 6.45) is 2.94. The number of carbonyl (C=O) groups excluding carboxylic acids is 1. The predicted octanol–water partition coefficient (Wildman–Crippen LogP) is 3.61. The highest BCUT2D eigenvalue weighted by Crippen LogP contribution is 2.35. The van der Waals surface area contributed by atoms with Crippen LogP contribution in [0, 0.1) is 10.1 Å². The Kier molecular flexibility index (Phi) is 4.96. The zero-order chi connectivity index (χ0) is 15.6. The largest absolute Gasteiger partial charge is 0.323 e. The fourth-order valence-corrected chi connectivity index (χ4v) is 3.05. The molecule has 0 fully saturated rings. The number of nitro groups is 1. The van der Waals surface area contributed by atoms with Gasteiger partial charge in [0, 0.05) is 27.3 Å². The van der Waals surface area contributed by atoms with E-state index in [1.165, 1.54) is 29.2 Å². The van der Waals surface area contributed by atoms with Crippen LogP contribution in [0.3, 0.4) is 0 Å². The third kappa shape index (κ3) is 4.02. The van der Waals surface area contributed by atoms with Gasteiger partial charge in [0.05, 0.1) is 21.8 Å². The minimum Gasteiger partial charge on any atom is -0.323 e. The molecule has 0 aliphatic carbocycles. The van der Waals surface area contributed by atoms with Crippen LogP contribution in [0.5, 0.6) is 0 Å². The van der Waals surface area contributed by atoms with E-state index >= 15 is 0 Å². The number of rotatable bonds is 4. The summed E-state index contributed by atoms with van der Waals surface area (Å²) in [4.78, 5) is 22.1. The number of hydrogen-bond donors (Lipinski definition) is 1. The van der Waals surface area contributed by atoms with E-state index in [1.54, 1.807) is 0 Å². The molecule has 0 spiro atoms. The van der Waals surface area contributed by atoms with Crippen molar-refractivity contribution in [1.82, 2.24) is 9.78 Å². The Balaban J connectivity index is 2.15. The van der Waals surface area contributed by atoms with Crippen molar-refractivity contribution in [3.05, 3.63) is 48.6 Å². The molecular weight excluding hydrogens is 431 g/mol. The fraction of sp³-hybridized carbons (Fsp3) is 0.0909. The number of nitrogens with zero attached hydrogens (tertiary/aromatic N) is 3. The monoisotopic (exact) mass is 436 g/mol. The van der Waals surface area contributed by atoms with Crippen molar-refractivity contribution in [2.45, 2.75) is 6.54 Å². The van der Waals surface area contributed by atoms with Crippen molar-refractivity contribution in [2.24, 2.45) is 0 Å². The molecule has 2 rings (SSSR count). The molecule has 21 heavy (non-hydrogen) atoms. The standard InChI is InChI=1S/C11H7Br2ClN4O3/c12-8-1-7(18(20)21)2-9(13)11(8)16-10(19)5-17-4-6(14)3-15-17/h1-4H,5H2,(H,16,19). The van der Waals surface area contributed by atoms with Crippen molar-refractivity contribution in [3.63, 3.8) is 0 Å². The molecule has 0 saturated heterocycles. The number of aromatic nitrogens is 2. The minimum absolute atomic E-state index is 0.0252. The van der Waals surface area contributed by atoms with Gasteiger partial charge in [-0.05, 0) is 31.9 Å². The first-order valence-electron chi connectivity index (χ1n) is 5.48. The van der Waals surface area contributed by atoms with Gasteiger partial charge in [-0.25, -0.2) is 0 Å². The zero-order valence-electron chi connectivity index (χ0n) is 10.2. The highest BCUT2D eigenvalue weighted by Gasteiger charge is 2.16. The van der Waals surface area contributed by atoms with E-state index in [-0.39, 0.29) is 18.1 Å². The van der Waals surface area contributed by atoms with Gasteiger partial charge in [-0.3, -0.25) is 19.6 Å². The molecule has 0 saturated carbocycles. The third-order valence-electron chi connectivity index (χ3n) is 2.41. The Morgan fingerprint density at radius 3 is 2.52 bits per heavy atom. The molecule has 1 N–H and O–H groups in total. The number of halogens is 3. The van der Waals surface area contributed by atoms with Gasteiger partial charge in [0.25, 0.3) is 5.69 Å². The van der Waals surface area contributed by atoms with Crippen molar-refractivity contribution >= 4 is 60.7 Å². The summed E-state index contributed by atoms with van der Waals surface area (Å²) < 4.78 is 2.18. The molecule has 0 aliphatic heterocycles. The summed E-state index contributed by atoms with van der Waals surface area (Å²) in [6.45, 7) is -0.0252. The summed E-state index contributed by atoms with van der Waals surface area (Å²) in [5.41, 5.74) is 0.314. The van der Waals surface area contributed by atoms with E-state index in [1.807, 2.05) is 0 Å². The Morgan fingerprint density at radius 2 is 2.05 bits per heavy atom. The van der Waals surface area contributed by atoms with E-state index in [0.29, 0.717) is 19.7 Å². The van der Waals surface area contributed by atoms with Gasteiger partial charge < -0.3 is 5.32 Å². The minimum atomic E-state index is -0.521. The van der Waals surface area contributed by atoms with Gasteiger partial charge in [-0.15, -0.1) is 0 Å². The van der Waals surface area contributed by atoms with Gasteiger partial charge >= 0.3 is 0 Å². The van der Waals surface area contributed by atoms with Gasteiger partial charge in [0.2, 0.25) is 5.91 Å². The second-order valence-electron chi connectivity index (χ2n) is 3.95. The molecule has 110 valence electrons. The SMILES string of the molecule is O=C(Cn1cc(Cl)cn1)Nc1c(Br)cc([N+](=O)[O-])cc1Br. The van der Waals surface area contributed by atoms with Crippen LogP contribution in [0.25, 0.3) is 0 Å². The lowest BCUT2D eigenvalue weighted by Crippen LogP contribution is -2.19. The van der Waals surface area contributed by atoms with E-state index in [9.17, 15) is 14.9 Å². The molecule has 1 heterocycles. The molecule has 0 atom stereocenters. The number of hydrogen-bond acceptors (Lipinski definition) is 4. The number of amides is 1. The normalized spacial score (nSPS) is 10.4. The van der Waals surface area contributed by atoms with E-state index in [4.69, 9.17) is 11.6 Å². The fourth-order valence-electron chi connectivity index (χ4n) is 1.54. The number of anilines is 1. The molecule has 1 aromatic heterocycles. The van der Waals surface area contributed by atoms with E-state index in [2.05, 4.69) is 42.3 Å². The van der Waals surface area contributed by atoms with Crippen LogP contribution < -0.4 is 5.32 Å². The predicted molar refractivity (Wildman–Crippen MR) is 84.4 cm³/mol. The number of benzene rings is 1. The molecule has 0 aliphatic rings. The molecule has 10 heteroatoms. The lowest BCUT2D eigenvalue weighted by molar-refractivity contribution is -0.385. The van der Waals surface area contributed by atoms with Gasteiger partial charge in [0.1, 0.15) is 6.54 Å². The maximum absolute atomic E-state index is 11.9. The van der Waals surface area contributed by atoms with E-state index in [0.717, 1.165) is 0 Å². The maximum atomic E-state index is 11.9. The number of nitro benzene ring substituents is 1. The smallest absolute Gasteiger partial charge is 0.271 e. The highest BCUT2D eigenvalue weighted by molar-refractivity contribution is 9.11. The lowest BCUT2D eigenvalue weighted by atomic mass is 10.3. The summed E-state index contributed by atoms with van der Waals surface area (Å²) in [7, 11) is 0. The quantitative estimate of drug-likeness (QED) is 0.583. The van der Waals surface area contributed by atoms with Crippen LogP contribution in [0.4, 0.5) is 11.4 Å². The second-order valence-corrected chi connectivity index (χ2v) is 6.09. The van der Waals surface area contributed by atoms with Crippen molar-refractivity contribution < 1.29 is 9.72 Å². The Morgan fingerprint density at radius 1 is 1.43 bits per heavy atom. The number of nitrogens with one attached hydrogen (secondary N) is 1. The van der Waals surface area contributed by atoms with Gasteiger partial charge in [-0.1, -0.05) is 11.6 Å². The number of non-ortho nitro benzene ring substituents is 1. The van der Waals surface area contributed by atoms with Gasteiger partial charge in [-0.2, -0.15) is 5.10 Å². The number of carbonyl (C=O) groups is 1. The maximum Gasteiger partial charge on any atom is 0.271 e. The van der Waals surface area contributed by atoms with Crippen LogP contribution in [0.1, 0.15) is 0 Å². The Bertz CT molecular complexity index is 696. The van der Waals surface area contributed by atoms with Crippen LogP contribution in [-0.4, -0.2) is 20.6 Å². The summed E-state index contributed by atoms with van der Waals surface area (Å²) in [5.74, 6) is -0.343. The van der Waals surface area contributed by atoms with Crippen LogP contribution in [0.2, 0.25) is 5.02 Å². The van der Waals surface area contributed by atoms with Crippen LogP contribution in [0.15, 0.2) is 33.5 Å². The second kappa shape index (κ2) is 6.54. The Labute approximate surface area is 140 Å². The van der Waals surface area contributed by atoms with Crippen molar-refractivity contribution in [1.29, 1.82) is 0 Å². The highest BCUT2D eigenvalue weighted by atomic mass is 79.9. The molecular formula is C11H7Br2ClN4O3. The first kappa shape index (κ1) is 15.9. The summed E-state index contributed by atoms with van der Waals surface area (Å²) in [5, 5.41) is 17.7. The van der Waals surface area contributed by atoms with E-state index < -0.39 is 4.92 Å². The average Bonchev–Trinajstić information content (AvgIpc) is 2.78. The molecule has 0 bridgehead atoms. The average molecular weight is 438 g/mol. The summed E-state index contributed by atoms with van der Waals surface area (Å²) in [6, 6.07) is 2.62. The van der Waals surface area contributed by atoms with Crippen molar-refractivity contribution in [2.75, 3.05) is 5.32 Å². The first-order valence-corrected chi connectivity index (χ1v) is 7.44. The zero-order valence-corrected chi connectivity index (χ0v) is 14.1. The molecule has 2 aromatic rings. The van der Waals surface area contributed by atoms with Gasteiger partial charge in [0.15, 0.2) is 0 Å². The summed E-state index contributed by atoms with van der Waals surface area (Å²) >= 11 is 12.1. The van der Waals surface area contributed by atoms with Crippen LogP contribution >= 0.6 is 43.5 Å². The molecule has 1 amide bonds. The molecule has 7 nitrogen and oxygen atoms in total. The third-order valence-corrected chi connectivity index (χ3v) is 3.86. The molecule has 1 aromatic carbocycles. The molecule has 0 unspecified atom stereocenters.